The maximum absolute atomic E-state index is 12.0. The van der Waals surface area contributed by atoms with Crippen molar-refractivity contribution in [1.29, 1.82) is 0 Å². The lowest BCUT2D eigenvalue weighted by Gasteiger charge is -2.23. The van der Waals surface area contributed by atoms with Crippen molar-refractivity contribution >= 4 is 11.9 Å². The lowest BCUT2D eigenvalue weighted by molar-refractivity contribution is -0.161. The molecule has 19 heavy (non-hydrogen) atoms. The molecule has 0 spiro atoms. The molecular weight excluding hydrogens is 244 g/mol. The molecule has 0 aromatic heterocycles. The molecule has 0 rings (SSSR count). The SMILES string of the molecule is CCCOC(=O)C(CC)C(CCC)C(=O)OCCC. The van der Waals surface area contributed by atoms with Crippen molar-refractivity contribution in [2.24, 2.45) is 11.8 Å². The highest BCUT2D eigenvalue weighted by Crippen LogP contribution is 2.24. The zero-order valence-electron chi connectivity index (χ0n) is 12.7. The molecule has 0 bridgehead atoms. The highest BCUT2D eigenvalue weighted by Gasteiger charge is 2.33. The van der Waals surface area contributed by atoms with Crippen molar-refractivity contribution in [2.45, 2.75) is 59.8 Å². The number of ether oxygens (including phenoxy) is 2. The molecule has 0 amide bonds. The average Bonchev–Trinajstić information content (AvgIpc) is 2.42. The van der Waals surface area contributed by atoms with Crippen molar-refractivity contribution in [3.8, 4) is 0 Å². The molecule has 0 saturated heterocycles. The van der Waals surface area contributed by atoms with Gasteiger partial charge in [0.1, 0.15) is 0 Å². The number of carbonyl (C=O) groups is 2. The van der Waals surface area contributed by atoms with E-state index >= 15 is 0 Å². The topological polar surface area (TPSA) is 52.6 Å². The number of esters is 2. The monoisotopic (exact) mass is 272 g/mol. The smallest absolute Gasteiger partial charge is 0.309 e. The van der Waals surface area contributed by atoms with Crippen molar-refractivity contribution in [2.75, 3.05) is 13.2 Å². The summed E-state index contributed by atoms with van der Waals surface area (Å²) in [6.45, 7) is 8.65. The zero-order chi connectivity index (χ0) is 14.7. The summed E-state index contributed by atoms with van der Waals surface area (Å²) in [5.74, 6) is -1.28. The molecule has 2 atom stereocenters. The fourth-order valence-corrected chi connectivity index (χ4v) is 2.03. The van der Waals surface area contributed by atoms with Crippen LogP contribution in [0.25, 0.3) is 0 Å². The van der Waals surface area contributed by atoms with Crippen molar-refractivity contribution < 1.29 is 19.1 Å². The molecule has 2 unspecified atom stereocenters. The summed E-state index contributed by atoms with van der Waals surface area (Å²) in [6.07, 6.45) is 3.71. The lowest BCUT2D eigenvalue weighted by atomic mass is 9.86. The minimum atomic E-state index is -0.379. The van der Waals surface area contributed by atoms with Crippen LogP contribution in [0.4, 0.5) is 0 Å². The molecule has 0 N–H and O–H groups in total. The Morgan fingerprint density at radius 1 is 0.789 bits per heavy atom. The summed E-state index contributed by atoms with van der Waals surface area (Å²) < 4.78 is 10.4. The molecule has 112 valence electrons. The van der Waals surface area contributed by atoms with E-state index in [2.05, 4.69) is 0 Å². The second-order valence-electron chi connectivity index (χ2n) is 4.74. The van der Waals surface area contributed by atoms with E-state index in [4.69, 9.17) is 9.47 Å². The van der Waals surface area contributed by atoms with Crippen LogP contribution in [-0.2, 0) is 19.1 Å². The van der Waals surface area contributed by atoms with Gasteiger partial charge in [-0.3, -0.25) is 9.59 Å². The fourth-order valence-electron chi connectivity index (χ4n) is 2.03. The Balaban J connectivity index is 4.68. The Morgan fingerprint density at radius 3 is 1.63 bits per heavy atom. The molecule has 0 aliphatic carbocycles. The van der Waals surface area contributed by atoms with Crippen LogP contribution in [0, 0.1) is 11.8 Å². The van der Waals surface area contributed by atoms with Gasteiger partial charge in [0, 0.05) is 0 Å². The van der Waals surface area contributed by atoms with E-state index in [9.17, 15) is 9.59 Å². The largest absolute Gasteiger partial charge is 0.465 e. The number of rotatable bonds is 10. The van der Waals surface area contributed by atoms with Gasteiger partial charge in [0.15, 0.2) is 0 Å². The van der Waals surface area contributed by atoms with Gasteiger partial charge < -0.3 is 9.47 Å². The van der Waals surface area contributed by atoms with Crippen LogP contribution in [0.1, 0.15) is 59.8 Å². The standard InChI is InChI=1S/C15H28O4/c1-5-9-13(15(17)19-11-7-3)12(8-4)14(16)18-10-6-2/h12-13H,5-11H2,1-4H3. The summed E-state index contributed by atoms with van der Waals surface area (Å²) in [4.78, 5) is 24.0. The van der Waals surface area contributed by atoms with Gasteiger partial charge in [-0.1, -0.05) is 34.1 Å². The molecule has 0 saturated carbocycles. The maximum atomic E-state index is 12.0. The van der Waals surface area contributed by atoms with Crippen LogP contribution in [0.15, 0.2) is 0 Å². The lowest BCUT2D eigenvalue weighted by Crippen LogP contribution is -2.32. The first kappa shape index (κ1) is 17.9. The zero-order valence-corrected chi connectivity index (χ0v) is 12.7. The van der Waals surface area contributed by atoms with Gasteiger partial charge in [-0.25, -0.2) is 0 Å². The van der Waals surface area contributed by atoms with Crippen molar-refractivity contribution in [3.63, 3.8) is 0 Å². The molecule has 0 aromatic rings. The molecular formula is C15H28O4. The molecule has 4 nitrogen and oxygen atoms in total. The van der Waals surface area contributed by atoms with Crippen LogP contribution in [0.2, 0.25) is 0 Å². The van der Waals surface area contributed by atoms with E-state index in [0.717, 1.165) is 19.3 Å². The van der Waals surface area contributed by atoms with Gasteiger partial charge in [0.05, 0.1) is 25.0 Å². The molecule has 0 aliphatic heterocycles. The predicted molar refractivity (Wildman–Crippen MR) is 74.7 cm³/mol. The first-order valence-electron chi connectivity index (χ1n) is 7.45. The van der Waals surface area contributed by atoms with Crippen molar-refractivity contribution in [3.05, 3.63) is 0 Å². The van der Waals surface area contributed by atoms with Crippen LogP contribution in [0.3, 0.4) is 0 Å². The second kappa shape index (κ2) is 10.8. The van der Waals surface area contributed by atoms with Gasteiger partial charge in [0.2, 0.25) is 0 Å². The number of hydrogen-bond donors (Lipinski definition) is 0. The Bertz CT molecular complexity index is 263. The average molecular weight is 272 g/mol. The van der Waals surface area contributed by atoms with Crippen LogP contribution in [-0.4, -0.2) is 25.2 Å². The number of hydrogen-bond acceptors (Lipinski definition) is 4. The fraction of sp³-hybridized carbons (Fsp3) is 0.867. The summed E-state index contributed by atoms with van der Waals surface area (Å²) in [5, 5.41) is 0. The quantitative estimate of drug-likeness (QED) is 0.572. The van der Waals surface area contributed by atoms with Crippen LogP contribution < -0.4 is 0 Å². The van der Waals surface area contributed by atoms with E-state index < -0.39 is 0 Å². The second-order valence-corrected chi connectivity index (χ2v) is 4.74. The normalized spacial score (nSPS) is 13.7. The minimum absolute atomic E-state index is 0.260. The Labute approximate surface area is 116 Å². The van der Waals surface area contributed by atoms with Crippen molar-refractivity contribution in [1.82, 2.24) is 0 Å². The van der Waals surface area contributed by atoms with Gasteiger partial charge in [-0.05, 0) is 25.7 Å². The third-order valence-electron chi connectivity index (χ3n) is 3.03. The van der Waals surface area contributed by atoms with E-state index in [1.54, 1.807) is 0 Å². The van der Waals surface area contributed by atoms with Gasteiger partial charge in [-0.15, -0.1) is 0 Å². The van der Waals surface area contributed by atoms with Crippen LogP contribution >= 0.6 is 0 Å². The highest BCUT2D eigenvalue weighted by molar-refractivity contribution is 5.82. The summed E-state index contributed by atoms with van der Waals surface area (Å²) >= 11 is 0. The predicted octanol–water partition coefficient (Wildman–Crippen LogP) is 3.34. The van der Waals surface area contributed by atoms with E-state index in [-0.39, 0.29) is 23.8 Å². The molecule has 0 fully saturated rings. The Hall–Kier alpha value is -1.06. The Morgan fingerprint density at radius 2 is 1.26 bits per heavy atom. The first-order chi connectivity index (χ1) is 9.12. The van der Waals surface area contributed by atoms with E-state index in [0.29, 0.717) is 26.1 Å². The molecule has 4 heteroatoms. The summed E-state index contributed by atoms with van der Waals surface area (Å²) in [7, 11) is 0. The molecule has 0 aliphatic rings. The van der Waals surface area contributed by atoms with Gasteiger partial charge in [0.25, 0.3) is 0 Å². The molecule has 0 heterocycles. The highest BCUT2D eigenvalue weighted by atomic mass is 16.5. The Kier molecular flexibility index (Phi) is 10.2. The summed E-state index contributed by atoms with van der Waals surface area (Å²) in [5.41, 5.74) is 0. The van der Waals surface area contributed by atoms with E-state index in [1.165, 1.54) is 0 Å². The molecule has 0 aromatic carbocycles. The summed E-state index contributed by atoms with van der Waals surface area (Å²) in [6, 6.07) is 0. The minimum Gasteiger partial charge on any atom is -0.465 e. The maximum Gasteiger partial charge on any atom is 0.309 e. The van der Waals surface area contributed by atoms with E-state index in [1.807, 2.05) is 27.7 Å². The van der Waals surface area contributed by atoms with Gasteiger partial charge >= 0.3 is 11.9 Å². The van der Waals surface area contributed by atoms with Crippen LogP contribution in [0.5, 0.6) is 0 Å². The third-order valence-corrected chi connectivity index (χ3v) is 3.03. The third kappa shape index (κ3) is 6.60. The van der Waals surface area contributed by atoms with Gasteiger partial charge in [-0.2, -0.15) is 0 Å². The first-order valence-corrected chi connectivity index (χ1v) is 7.45. The molecule has 0 radical (unpaired) electrons. The number of carbonyl (C=O) groups excluding carboxylic acids is 2.